The Morgan fingerprint density at radius 3 is 2.00 bits per heavy atom. The van der Waals surface area contributed by atoms with Gasteiger partial charge in [-0.2, -0.15) is 0 Å². The Morgan fingerprint density at radius 1 is 0.786 bits per heavy atom. The Labute approximate surface area is 175 Å². The molecule has 2 nitrogen and oxygen atoms in total. The molecule has 0 aliphatic carbocycles. The number of benzene rings is 3. The van der Waals surface area contributed by atoms with Crippen molar-refractivity contribution >= 4 is 33.2 Å². The third kappa shape index (κ3) is 5.37. The van der Waals surface area contributed by atoms with Crippen LogP contribution in [0.1, 0.15) is 37.0 Å². The minimum absolute atomic E-state index is 0.710. The second kappa shape index (κ2) is 9.95. The van der Waals surface area contributed by atoms with Gasteiger partial charge >= 0.3 is 0 Å². The molecule has 0 bridgehead atoms. The zero-order valence-corrected chi connectivity index (χ0v) is 17.7. The maximum atomic E-state index is 4.97. The fourth-order valence-corrected chi connectivity index (χ4v) is 3.22. The Bertz CT molecular complexity index is 1000. The van der Waals surface area contributed by atoms with E-state index in [4.69, 9.17) is 9.98 Å². The summed E-state index contributed by atoms with van der Waals surface area (Å²) in [6.45, 7) is 4.14. The molecule has 0 fully saturated rings. The van der Waals surface area contributed by atoms with E-state index in [1.54, 1.807) is 0 Å². The summed E-state index contributed by atoms with van der Waals surface area (Å²) in [5, 5.41) is 0. The van der Waals surface area contributed by atoms with Crippen LogP contribution in [0.4, 0.5) is 0 Å². The summed E-state index contributed by atoms with van der Waals surface area (Å²) < 4.78 is 1.04. The van der Waals surface area contributed by atoms with Crippen LogP contribution < -0.4 is 0 Å². The van der Waals surface area contributed by atoms with Crippen molar-refractivity contribution in [3.63, 3.8) is 0 Å². The standard InChI is InChI=1S/C25H23BrN2/c1-3-11-24(20-12-6-4-7-13-20)28-25(21-14-8-5-9-15-21)27-19(2)22-16-10-17-23(26)18-22/h4-18H,3H2,1-2H3/b24-11+,27-19?,28-25?. The molecule has 0 heterocycles. The number of hydrogen-bond donors (Lipinski definition) is 0. The first-order chi connectivity index (χ1) is 13.7. The van der Waals surface area contributed by atoms with E-state index in [1.807, 2.05) is 67.6 Å². The van der Waals surface area contributed by atoms with E-state index >= 15 is 0 Å². The number of allylic oxidation sites excluding steroid dienone is 1. The quantitative estimate of drug-likeness (QED) is 0.303. The summed E-state index contributed by atoms with van der Waals surface area (Å²) in [7, 11) is 0. The van der Waals surface area contributed by atoms with Gasteiger partial charge in [-0.25, -0.2) is 9.98 Å². The molecule has 0 saturated heterocycles. The molecule has 0 aliphatic heterocycles. The predicted octanol–water partition coefficient (Wildman–Crippen LogP) is 7.16. The molecule has 3 aromatic carbocycles. The van der Waals surface area contributed by atoms with Crippen molar-refractivity contribution in [1.29, 1.82) is 0 Å². The van der Waals surface area contributed by atoms with Crippen LogP contribution in [0.25, 0.3) is 5.70 Å². The number of hydrogen-bond acceptors (Lipinski definition) is 1. The number of halogens is 1. The van der Waals surface area contributed by atoms with Gasteiger partial charge < -0.3 is 0 Å². The van der Waals surface area contributed by atoms with Crippen molar-refractivity contribution in [2.45, 2.75) is 20.3 Å². The number of nitrogens with zero attached hydrogens (tertiary/aromatic N) is 2. The lowest BCUT2D eigenvalue weighted by atomic mass is 10.1. The van der Waals surface area contributed by atoms with Crippen molar-refractivity contribution in [1.82, 2.24) is 0 Å². The highest BCUT2D eigenvalue weighted by Gasteiger charge is 2.07. The summed E-state index contributed by atoms with van der Waals surface area (Å²) in [5.74, 6) is 0.710. The molecule has 0 saturated carbocycles. The molecule has 0 atom stereocenters. The molecule has 28 heavy (non-hydrogen) atoms. The summed E-state index contributed by atoms with van der Waals surface area (Å²) in [5.41, 5.74) is 5.02. The van der Waals surface area contributed by atoms with Gasteiger partial charge in [0.2, 0.25) is 0 Å². The minimum atomic E-state index is 0.710. The first-order valence-corrected chi connectivity index (χ1v) is 10.2. The van der Waals surface area contributed by atoms with Gasteiger partial charge in [-0.15, -0.1) is 0 Å². The molecule has 0 spiro atoms. The topological polar surface area (TPSA) is 24.7 Å². The molecule has 3 heteroatoms. The van der Waals surface area contributed by atoms with E-state index < -0.39 is 0 Å². The van der Waals surface area contributed by atoms with Crippen LogP contribution in [-0.4, -0.2) is 11.5 Å². The lowest BCUT2D eigenvalue weighted by molar-refractivity contribution is 1.21. The molecule has 0 aromatic heterocycles. The van der Waals surface area contributed by atoms with Gasteiger partial charge in [-0.1, -0.05) is 102 Å². The zero-order valence-electron chi connectivity index (χ0n) is 16.1. The molecule has 0 unspecified atom stereocenters. The predicted molar refractivity (Wildman–Crippen MR) is 124 cm³/mol. The second-order valence-electron chi connectivity index (χ2n) is 6.37. The van der Waals surface area contributed by atoms with E-state index in [9.17, 15) is 0 Å². The van der Waals surface area contributed by atoms with Crippen LogP contribution in [0.15, 0.2) is 105 Å². The zero-order chi connectivity index (χ0) is 19.8. The first kappa shape index (κ1) is 20.0. The number of amidine groups is 1. The molecule has 140 valence electrons. The third-order valence-electron chi connectivity index (χ3n) is 4.24. The van der Waals surface area contributed by atoms with Crippen molar-refractivity contribution < 1.29 is 0 Å². The highest BCUT2D eigenvalue weighted by Crippen LogP contribution is 2.19. The van der Waals surface area contributed by atoms with Crippen LogP contribution in [0.2, 0.25) is 0 Å². The van der Waals surface area contributed by atoms with Crippen LogP contribution >= 0.6 is 15.9 Å². The summed E-state index contributed by atoms with van der Waals surface area (Å²) in [6.07, 6.45) is 3.05. The normalized spacial score (nSPS) is 12.9. The molecule has 3 rings (SSSR count). The average Bonchev–Trinajstić information content (AvgIpc) is 2.74. The average molecular weight is 431 g/mol. The van der Waals surface area contributed by atoms with Crippen molar-refractivity contribution in [2.24, 2.45) is 9.98 Å². The first-order valence-electron chi connectivity index (χ1n) is 9.38. The van der Waals surface area contributed by atoms with Gasteiger partial charge in [0.1, 0.15) is 0 Å². The number of aliphatic imine (C=N–C) groups is 2. The SMILES string of the molecule is CC/C=C(/N=C(N=C(C)c1cccc(Br)c1)c1ccccc1)c1ccccc1. The number of rotatable bonds is 5. The van der Waals surface area contributed by atoms with E-state index in [2.05, 4.69) is 53.2 Å². The molecular weight excluding hydrogens is 408 g/mol. The van der Waals surface area contributed by atoms with E-state index in [1.165, 1.54) is 0 Å². The summed E-state index contributed by atoms with van der Waals surface area (Å²) in [4.78, 5) is 9.88. The van der Waals surface area contributed by atoms with Gasteiger partial charge in [0.05, 0.1) is 5.70 Å². The second-order valence-corrected chi connectivity index (χ2v) is 7.29. The molecule has 0 radical (unpaired) electrons. The van der Waals surface area contributed by atoms with Gasteiger partial charge in [-0.05, 0) is 36.6 Å². The highest BCUT2D eigenvalue weighted by atomic mass is 79.9. The minimum Gasteiger partial charge on any atom is -0.233 e. The van der Waals surface area contributed by atoms with Crippen LogP contribution in [-0.2, 0) is 0 Å². The van der Waals surface area contributed by atoms with Crippen LogP contribution in [0, 0.1) is 0 Å². The van der Waals surface area contributed by atoms with Gasteiger partial charge in [-0.3, -0.25) is 0 Å². The Balaban J connectivity index is 2.10. The fourth-order valence-electron chi connectivity index (χ4n) is 2.82. The van der Waals surface area contributed by atoms with E-state index in [-0.39, 0.29) is 0 Å². The molecule has 0 N–H and O–H groups in total. The van der Waals surface area contributed by atoms with Crippen LogP contribution in [0.3, 0.4) is 0 Å². The maximum absolute atomic E-state index is 4.97. The largest absolute Gasteiger partial charge is 0.233 e. The maximum Gasteiger partial charge on any atom is 0.160 e. The monoisotopic (exact) mass is 430 g/mol. The smallest absolute Gasteiger partial charge is 0.160 e. The lowest BCUT2D eigenvalue weighted by Gasteiger charge is -2.08. The van der Waals surface area contributed by atoms with Crippen molar-refractivity contribution in [2.75, 3.05) is 0 Å². The molecule has 0 amide bonds. The Morgan fingerprint density at radius 2 is 1.39 bits per heavy atom. The van der Waals surface area contributed by atoms with Crippen molar-refractivity contribution in [3.05, 3.63) is 112 Å². The molecular formula is C25H23BrN2. The Kier molecular flexibility index (Phi) is 7.10. The van der Waals surface area contributed by atoms with E-state index in [0.717, 1.165) is 39.0 Å². The van der Waals surface area contributed by atoms with Crippen LogP contribution in [0.5, 0.6) is 0 Å². The van der Waals surface area contributed by atoms with Gasteiger partial charge in [0.25, 0.3) is 0 Å². The third-order valence-corrected chi connectivity index (χ3v) is 4.73. The lowest BCUT2D eigenvalue weighted by Crippen LogP contribution is -2.04. The Hall–Kier alpha value is -2.78. The highest BCUT2D eigenvalue weighted by molar-refractivity contribution is 9.10. The summed E-state index contributed by atoms with van der Waals surface area (Å²) in [6, 6.07) is 28.5. The fraction of sp³-hybridized carbons (Fsp3) is 0.120. The summed E-state index contributed by atoms with van der Waals surface area (Å²) >= 11 is 3.54. The van der Waals surface area contributed by atoms with Gasteiger partial charge in [0, 0.05) is 15.7 Å². The van der Waals surface area contributed by atoms with Gasteiger partial charge in [0.15, 0.2) is 5.84 Å². The van der Waals surface area contributed by atoms with E-state index in [0.29, 0.717) is 5.84 Å². The van der Waals surface area contributed by atoms with Crippen molar-refractivity contribution in [3.8, 4) is 0 Å². The molecule has 0 aliphatic rings. The molecule has 3 aromatic rings.